The first-order chi connectivity index (χ1) is 22.0. The first kappa shape index (κ1) is 47.8. The van der Waals surface area contributed by atoms with Gasteiger partial charge in [-0.05, 0) is 84.2 Å². The first-order valence-electron chi connectivity index (χ1n) is 12.1. The van der Waals surface area contributed by atoms with Gasteiger partial charge in [0.2, 0.25) is 5.91 Å². The van der Waals surface area contributed by atoms with Crippen LogP contribution in [0.3, 0.4) is 0 Å². The molecule has 5 rings (SSSR count). The minimum Gasteiger partial charge on any atom is -0.696 e. The van der Waals surface area contributed by atoms with Gasteiger partial charge in [-0.25, -0.2) is 30.2 Å². The van der Waals surface area contributed by atoms with Crippen molar-refractivity contribution in [2.24, 2.45) is 0 Å². The smallest absolute Gasteiger partial charge is 0.696 e. The molecule has 0 unspecified atom stereocenters. The maximum absolute atomic E-state index is 10.8. The van der Waals surface area contributed by atoms with Crippen molar-refractivity contribution in [1.29, 1.82) is 5.26 Å². The van der Waals surface area contributed by atoms with E-state index in [2.05, 4.69) is 95.4 Å². The molecule has 6 N–H and O–H groups in total. The molecule has 5 heterocycles. The molecule has 0 spiro atoms. The number of pyridine rings is 3. The Morgan fingerprint density at radius 1 is 0.833 bits per heavy atom. The summed E-state index contributed by atoms with van der Waals surface area (Å²) in [6, 6.07) is 11.0. The molecular formula is C26H25Br3KN9O6S3. The minimum absolute atomic E-state index is 0. The zero-order chi connectivity index (χ0) is 36.1. The number of carbonyl (C=O) groups excluding carboxylic acids is 3. The van der Waals surface area contributed by atoms with Crippen LogP contribution in [0.25, 0.3) is 20.7 Å². The zero-order valence-corrected chi connectivity index (χ0v) is 36.1. The number of hydrogen-bond donors (Lipinski definition) is 4. The van der Waals surface area contributed by atoms with E-state index in [1.54, 1.807) is 18.3 Å². The predicted octanol–water partition coefficient (Wildman–Crippen LogP) is 3.08. The monoisotopic (exact) mass is 931 g/mol. The van der Waals surface area contributed by atoms with E-state index < -0.39 is 17.9 Å². The average Bonchev–Trinajstić information content (AvgIpc) is 3.51. The van der Waals surface area contributed by atoms with Crippen molar-refractivity contribution in [2.45, 2.75) is 27.7 Å². The number of thiocyanates is 1. The number of esters is 2. The molecule has 0 saturated heterocycles. The second kappa shape index (κ2) is 26.5. The molecule has 15 nitrogen and oxygen atoms in total. The molecule has 0 aromatic carbocycles. The molecule has 0 aliphatic heterocycles. The van der Waals surface area contributed by atoms with Crippen molar-refractivity contribution in [3.05, 3.63) is 56.4 Å². The molecule has 22 heteroatoms. The molecule has 0 saturated carbocycles. The first-order valence-corrected chi connectivity index (χ1v) is 16.5. The fraction of sp³-hybridized carbons (Fsp3) is 0.154. The number of fused-ring (bicyclic) bond motifs is 2. The number of ether oxygens (including phenoxy) is 1. The number of amides is 1. The summed E-state index contributed by atoms with van der Waals surface area (Å²) in [5.74, 6) is -2.08. The average molecular weight is 935 g/mol. The summed E-state index contributed by atoms with van der Waals surface area (Å²) in [4.78, 5) is 61.6. The summed E-state index contributed by atoms with van der Waals surface area (Å²) < 4.78 is 6.36. The molecule has 0 atom stereocenters. The van der Waals surface area contributed by atoms with Crippen LogP contribution in [0.5, 0.6) is 0 Å². The van der Waals surface area contributed by atoms with Crippen molar-refractivity contribution >= 4 is 144 Å². The normalized spacial score (nSPS) is 8.79. The Kier molecular flexibility index (Phi) is 26.4. The van der Waals surface area contributed by atoms with Gasteiger partial charge in [-0.1, -0.05) is 28.1 Å². The van der Waals surface area contributed by atoms with E-state index in [1.165, 1.54) is 48.8 Å². The van der Waals surface area contributed by atoms with Crippen LogP contribution in [0.1, 0.15) is 27.7 Å². The second-order valence-corrected chi connectivity index (χ2v) is 12.4. The number of carboxylic acids is 1. The van der Waals surface area contributed by atoms with Gasteiger partial charge in [0.15, 0.2) is 10.3 Å². The van der Waals surface area contributed by atoms with Gasteiger partial charge in [0.25, 0.3) is 5.97 Å². The van der Waals surface area contributed by atoms with E-state index in [9.17, 15) is 14.4 Å². The van der Waals surface area contributed by atoms with Crippen LogP contribution >= 0.6 is 70.5 Å². The quantitative estimate of drug-likeness (QED) is 0.0471. The third-order valence-electron chi connectivity index (χ3n) is 3.78. The number of halogens is 3. The van der Waals surface area contributed by atoms with Crippen molar-refractivity contribution in [3.8, 4) is 5.40 Å². The summed E-state index contributed by atoms with van der Waals surface area (Å²) in [6.07, 6.45) is 1.60. The number of anilines is 3. The van der Waals surface area contributed by atoms with E-state index in [0.717, 1.165) is 41.4 Å². The van der Waals surface area contributed by atoms with Crippen LogP contribution in [-0.2, 0) is 36.5 Å². The fourth-order valence-corrected chi connectivity index (χ4v) is 5.08. The number of carbonyl (C=O) groups is 4. The number of aromatic nitrogens is 5. The Bertz CT molecular complexity index is 1790. The zero-order valence-electron chi connectivity index (χ0n) is 25.7. The van der Waals surface area contributed by atoms with Gasteiger partial charge in [0.1, 0.15) is 34.5 Å². The molecule has 5 aromatic heterocycles. The van der Waals surface area contributed by atoms with Crippen molar-refractivity contribution in [1.82, 2.24) is 24.9 Å². The number of nitrogens with zero attached hydrogens (tertiary/aromatic N) is 6. The largest absolute Gasteiger partial charge is 1.00 e. The molecule has 0 aliphatic rings. The predicted molar refractivity (Wildman–Crippen MR) is 194 cm³/mol. The molecule has 0 aliphatic carbocycles. The number of nitrogens with two attached hydrogens (primary N) is 2. The maximum Gasteiger partial charge on any atom is 1.00 e. The Hall–Kier alpha value is -2.30. The van der Waals surface area contributed by atoms with Crippen LogP contribution in [0.4, 0.5) is 16.0 Å². The molecule has 5 aromatic rings. The van der Waals surface area contributed by atoms with E-state index in [-0.39, 0.29) is 57.3 Å². The number of nitrogen functional groups attached to an aromatic ring is 2. The van der Waals surface area contributed by atoms with Gasteiger partial charge < -0.3 is 39.3 Å². The number of nitriles is 1. The standard InChI is InChI=1S/C8H6BrN3OS.C6H4BrN3S.C5H5BrN2.C4H6O3.C2H4O2.CHNS.K/c1-4(13)10-8-11-5-2-3-6(9)12-7(5)14-8;7-4-2-1-3-5(10-4)11-6(8)9-3;6-5-2-1-4(7)3-8-5;1-3(5)7-4(2)6;1-2(3)4;2-1-3;/h2-3H,1H3,(H,10,11,13);1-2H,(H2,8,9);1-3H,7H2;1-2H3;1H3,(H,3,4);3H;/q;;;;;;+1/p-1. The van der Waals surface area contributed by atoms with Gasteiger partial charge in [-0.3, -0.25) is 19.2 Å². The van der Waals surface area contributed by atoms with Crippen molar-refractivity contribution in [2.75, 3.05) is 16.8 Å². The third-order valence-corrected chi connectivity index (χ3v) is 6.81. The summed E-state index contributed by atoms with van der Waals surface area (Å²) >= 11 is 16.2. The molecule has 48 heavy (non-hydrogen) atoms. The van der Waals surface area contributed by atoms with E-state index in [0.29, 0.717) is 16.0 Å². The van der Waals surface area contributed by atoms with Crippen LogP contribution < -0.4 is 68.2 Å². The Labute approximate surface area is 355 Å². The maximum atomic E-state index is 10.8. The summed E-state index contributed by atoms with van der Waals surface area (Å²) in [5, 5.41) is 19.7. The Morgan fingerprint density at radius 2 is 1.27 bits per heavy atom. The van der Waals surface area contributed by atoms with E-state index in [1.807, 2.05) is 24.3 Å². The van der Waals surface area contributed by atoms with Crippen LogP contribution in [0.15, 0.2) is 56.4 Å². The summed E-state index contributed by atoms with van der Waals surface area (Å²) in [7, 11) is 0. The number of carboxylic acid groups (broad SMARTS) is 1. The number of aliphatic carboxylic acids is 1. The molecule has 0 radical (unpaired) electrons. The molecule has 1 amide bonds. The van der Waals surface area contributed by atoms with E-state index in [4.69, 9.17) is 26.6 Å². The van der Waals surface area contributed by atoms with Crippen LogP contribution in [0, 0.1) is 10.7 Å². The van der Waals surface area contributed by atoms with Gasteiger partial charge in [0.05, 0.1) is 11.9 Å². The van der Waals surface area contributed by atoms with Crippen LogP contribution in [-0.4, -0.2) is 53.8 Å². The van der Waals surface area contributed by atoms with E-state index >= 15 is 0 Å². The van der Waals surface area contributed by atoms with Gasteiger partial charge >= 0.3 is 63.3 Å². The molecule has 0 bridgehead atoms. The van der Waals surface area contributed by atoms with Crippen molar-refractivity contribution in [3.63, 3.8) is 0 Å². The number of nitrogens with one attached hydrogen (secondary N) is 1. The number of thiazole rings is 2. The van der Waals surface area contributed by atoms with Gasteiger partial charge in [-0.15, -0.1) is 0 Å². The van der Waals surface area contributed by atoms with Gasteiger partial charge in [0, 0.05) is 27.7 Å². The minimum atomic E-state index is -0.833. The summed E-state index contributed by atoms with van der Waals surface area (Å²) in [6.45, 7) is 4.90. The molecule has 0 fully saturated rings. The Morgan fingerprint density at radius 3 is 1.65 bits per heavy atom. The molecule has 250 valence electrons. The number of rotatable bonds is 1. The van der Waals surface area contributed by atoms with Crippen molar-refractivity contribution < 1.29 is 80.4 Å². The second-order valence-electron chi connectivity index (χ2n) is 7.78. The SMILES string of the molecule is CC(=O)Nc1nc2ccc(Br)nc2s1.CC(=O)O.CC(=O)OC(C)=O.N#C[S-].Nc1ccc(Br)nc1.Nc1nc2ccc(Br)nc2s1.[K+]. The van der Waals surface area contributed by atoms with Crippen LogP contribution in [0.2, 0.25) is 0 Å². The van der Waals surface area contributed by atoms with Gasteiger partial charge in [-0.2, -0.15) is 0 Å². The Balaban J connectivity index is 0. The fourth-order valence-electron chi connectivity index (χ4n) is 2.40. The summed E-state index contributed by atoms with van der Waals surface area (Å²) in [5.41, 5.74) is 13.2. The molecular weight excluding hydrogens is 909 g/mol. The third kappa shape index (κ3) is 23.9. The number of hydrogen-bond acceptors (Lipinski definition) is 16. The topological polar surface area (TPSA) is 250 Å².